The highest BCUT2D eigenvalue weighted by Crippen LogP contribution is 2.41. The molecule has 3 atom stereocenters. The summed E-state index contributed by atoms with van der Waals surface area (Å²) >= 11 is 0. The molecule has 3 aliphatic rings. The Morgan fingerprint density at radius 2 is 1.38 bits per heavy atom. The lowest BCUT2D eigenvalue weighted by Gasteiger charge is -2.48. The molecule has 0 bridgehead atoms. The van der Waals surface area contributed by atoms with Crippen LogP contribution in [0.5, 0.6) is 0 Å². The van der Waals surface area contributed by atoms with Crippen LogP contribution >= 0.6 is 0 Å². The van der Waals surface area contributed by atoms with Crippen molar-refractivity contribution < 1.29 is 0 Å². The fourth-order valence-electron chi connectivity index (χ4n) is 5.80. The first-order chi connectivity index (χ1) is 9.83. The Hall–Kier alpha value is -0.0800. The first-order valence-electron chi connectivity index (χ1n) is 9.38. The fraction of sp³-hybridized carbons (Fsp3) is 1.00. The molecule has 1 heterocycles. The molecule has 2 aliphatic carbocycles. The molecule has 3 fully saturated rings. The van der Waals surface area contributed by atoms with E-state index in [1.54, 1.807) is 0 Å². The van der Waals surface area contributed by atoms with Gasteiger partial charge in [-0.05, 0) is 71.6 Å². The molecule has 0 aromatic carbocycles. The molecule has 3 rings (SSSR count). The summed E-state index contributed by atoms with van der Waals surface area (Å²) in [5.74, 6) is 2.10. The minimum atomic E-state index is 0.265. The lowest BCUT2D eigenvalue weighted by Crippen LogP contribution is -2.62. The zero-order valence-corrected chi connectivity index (χ0v) is 14.7. The predicted molar refractivity (Wildman–Crippen MR) is 90.5 cm³/mol. The number of rotatable bonds is 2. The van der Waals surface area contributed by atoms with E-state index in [4.69, 9.17) is 0 Å². The van der Waals surface area contributed by atoms with E-state index < -0.39 is 0 Å². The third kappa shape index (κ3) is 4.01. The van der Waals surface area contributed by atoms with Gasteiger partial charge in [0.2, 0.25) is 0 Å². The largest absolute Gasteiger partial charge is 0.311 e. The van der Waals surface area contributed by atoms with Gasteiger partial charge in [0.15, 0.2) is 0 Å². The highest BCUT2D eigenvalue weighted by Gasteiger charge is 2.39. The maximum atomic E-state index is 4.06. The smallest absolute Gasteiger partial charge is 0.0144 e. The Bertz CT molecular complexity index is 345. The number of fused-ring (bicyclic) bond motifs is 1. The molecule has 21 heavy (non-hydrogen) atoms. The van der Waals surface area contributed by atoms with E-state index in [-0.39, 0.29) is 11.1 Å². The van der Waals surface area contributed by atoms with Crippen molar-refractivity contribution >= 4 is 0 Å². The van der Waals surface area contributed by atoms with Gasteiger partial charge < -0.3 is 10.6 Å². The number of piperidine rings is 1. The van der Waals surface area contributed by atoms with Crippen molar-refractivity contribution in [3.63, 3.8) is 0 Å². The van der Waals surface area contributed by atoms with E-state index in [9.17, 15) is 0 Å². The number of nitrogens with one attached hydrogen (secondary N) is 2. The van der Waals surface area contributed by atoms with Crippen molar-refractivity contribution in [3.05, 3.63) is 0 Å². The number of hydrogen-bond acceptors (Lipinski definition) is 2. The van der Waals surface area contributed by atoms with Crippen molar-refractivity contribution in [2.75, 3.05) is 0 Å². The molecule has 0 amide bonds. The van der Waals surface area contributed by atoms with Gasteiger partial charge in [0.1, 0.15) is 0 Å². The van der Waals surface area contributed by atoms with Gasteiger partial charge >= 0.3 is 0 Å². The molecule has 3 unspecified atom stereocenters. The van der Waals surface area contributed by atoms with Crippen LogP contribution in [0.4, 0.5) is 0 Å². The van der Waals surface area contributed by atoms with Crippen LogP contribution in [0.15, 0.2) is 0 Å². The maximum Gasteiger partial charge on any atom is 0.0144 e. The first kappa shape index (κ1) is 15.8. The molecule has 0 aromatic rings. The molecule has 0 spiro atoms. The summed E-state index contributed by atoms with van der Waals surface area (Å²) in [6.45, 7) is 9.45. The highest BCUT2D eigenvalue weighted by atomic mass is 15.1. The lowest BCUT2D eigenvalue weighted by molar-refractivity contribution is 0.106. The molecule has 1 saturated heterocycles. The van der Waals surface area contributed by atoms with Crippen LogP contribution in [0.1, 0.15) is 85.5 Å². The van der Waals surface area contributed by atoms with Gasteiger partial charge in [-0.15, -0.1) is 0 Å². The standard InChI is InChI=1S/C19H36N2/c1-18(2)12-17(13-19(3,4)21-18)20-16-10-9-14-7-5-6-8-15(14)11-16/h14-17,20-21H,5-13H2,1-4H3. The second-order valence-corrected chi connectivity index (χ2v) is 9.48. The Balaban J connectivity index is 1.56. The molecule has 2 heteroatoms. The Kier molecular flexibility index (Phi) is 4.40. The molecule has 0 aromatic heterocycles. The molecule has 2 saturated carbocycles. The van der Waals surface area contributed by atoms with Crippen LogP contribution in [0.3, 0.4) is 0 Å². The van der Waals surface area contributed by atoms with Crippen molar-refractivity contribution in [3.8, 4) is 0 Å². The summed E-state index contributed by atoms with van der Waals surface area (Å²) in [5, 5.41) is 7.87. The van der Waals surface area contributed by atoms with Crippen LogP contribution in [-0.4, -0.2) is 23.2 Å². The van der Waals surface area contributed by atoms with Gasteiger partial charge in [0.05, 0.1) is 0 Å². The van der Waals surface area contributed by atoms with Gasteiger partial charge in [-0.2, -0.15) is 0 Å². The molecule has 2 N–H and O–H groups in total. The van der Waals surface area contributed by atoms with E-state index in [2.05, 4.69) is 38.3 Å². The SMILES string of the molecule is CC1(C)CC(NC2CCC3CCCCC3C2)CC(C)(C)N1. The van der Waals surface area contributed by atoms with E-state index in [0.717, 1.165) is 17.9 Å². The third-order valence-electron chi connectivity index (χ3n) is 6.20. The molecule has 2 nitrogen and oxygen atoms in total. The lowest BCUT2D eigenvalue weighted by atomic mass is 9.69. The van der Waals surface area contributed by atoms with E-state index in [0.29, 0.717) is 6.04 Å². The Labute approximate surface area is 131 Å². The normalized spacial score (nSPS) is 39.7. The average Bonchev–Trinajstić information content (AvgIpc) is 2.34. The first-order valence-corrected chi connectivity index (χ1v) is 9.38. The second kappa shape index (κ2) is 5.85. The summed E-state index contributed by atoms with van der Waals surface area (Å²) in [6.07, 6.45) is 12.9. The van der Waals surface area contributed by atoms with Crippen LogP contribution in [0.25, 0.3) is 0 Å². The maximum absolute atomic E-state index is 4.06. The van der Waals surface area contributed by atoms with Gasteiger partial charge in [0.25, 0.3) is 0 Å². The van der Waals surface area contributed by atoms with Crippen molar-refractivity contribution in [1.82, 2.24) is 10.6 Å². The average molecular weight is 293 g/mol. The van der Waals surface area contributed by atoms with E-state index >= 15 is 0 Å². The molecular weight excluding hydrogens is 256 g/mol. The highest BCUT2D eigenvalue weighted by molar-refractivity contribution is 5.00. The predicted octanol–water partition coefficient (Wildman–Crippen LogP) is 4.24. The van der Waals surface area contributed by atoms with E-state index in [1.807, 2.05) is 0 Å². The zero-order chi connectivity index (χ0) is 15.1. The van der Waals surface area contributed by atoms with Crippen molar-refractivity contribution in [2.24, 2.45) is 11.8 Å². The van der Waals surface area contributed by atoms with Crippen LogP contribution in [-0.2, 0) is 0 Å². The summed E-state index contributed by atoms with van der Waals surface area (Å²) in [6, 6.07) is 1.49. The summed E-state index contributed by atoms with van der Waals surface area (Å²) in [5.41, 5.74) is 0.531. The van der Waals surface area contributed by atoms with Gasteiger partial charge in [-0.1, -0.05) is 25.7 Å². The molecule has 122 valence electrons. The van der Waals surface area contributed by atoms with Gasteiger partial charge in [-0.3, -0.25) is 0 Å². The molecule has 1 aliphatic heterocycles. The van der Waals surface area contributed by atoms with Gasteiger partial charge in [-0.25, -0.2) is 0 Å². The molecule has 0 radical (unpaired) electrons. The monoisotopic (exact) mass is 292 g/mol. The Morgan fingerprint density at radius 3 is 2.05 bits per heavy atom. The second-order valence-electron chi connectivity index (χ2n) is 9.48. The van der Waals surface area contributed by atoms with Crippen LogP contribution in [0, 0.1) is 11.8 Å². The van der Waals surface area contributed by atoms with Crippen LogP contribution in [0.2, 0.25) is 0 Å². The molecular formula is C19H36N2. The number of hydrogen-bond donors (Lipinski definition) is 2. The minimum Gasteiger partial charge on any atom is -0.311 e. The summed E-state index contributed by atoms with van der Waals surface area (Å²) in [4.78, 5) is 0. The Morgan fingerprint density at radius 1 is 0.762 bits per heavy atom. The zero-order valence-electron chi connectivity index (χ0n) is 14.7. The van der Waals surface area contributed by atoms with Crippen molar-refractivity contribution in [1.29, 1.82) is 0 Å². The third-order valence-corrected chi connectivity index (χ3v) is 6.20. The van der Waals surface area contributed by atoms with E-state index in [1.165, 1.54) is 57.8 Å². The minimum absolute atomic E-state index is 0.265. The quantitative estimate of drug-likeness (QED) is 0.795. The topological polar surface area (TPSA) is 24.1 Å². The summed E-state index contributed by atoms with van der Waals surface area (Å²) in [7, 11) is 0. The fourth-order valence-corrected chi connectivity index (χ4v) is 5.80. The van der Waals surface area contributed by atoms with Gasteiger partial charge in [0, 0.05) is 23.2 Å². The summed E-state index contributed by atoms with van der Waals surface area (Å²) < 4.78 is 0. The van der Waals surface area contributed by atoms with Crippen LogP contribution < -0.4 is 10.6 Å². The van der Waals surface area contributed by atoms with Crippen molar-refractivity contribution in [2.45, 2.75) is 109 Å².